The molecule has 0 unspecified atom stereocenters. The van der Waals surface area contributed by atoms with Gasteiger partial charge in [0, 0.05) is 12.7 Å². The van der Waals surface area contributed by atoms with E-state index in [1.165, 1.54) is 16.2 Å². The van der Waals surface area contributed by atoms with Gasteiger partial charge in [0.15, 0.2) is 0 Å². The lowest BCUT2D eigenvalue weighted by Gasteiger charge is -2.23. The minimum absolute atomic E-state index is 0.626. The number of hydrogen-bond donors (Lipinski definition) is 1. The molecule has 3 heteroatoms. The number of likely N-dealkylation sites (N-methyl/N-ethyl adjacent to an activating group) is 1. The summed E-state index contributed by atoms with van der Waals surface area (Å²) >= 11 is 0. The lowest BCUT2D eigenvalue weighted by atomic mass is 10.1. The van der Waals surface area contributed by atoms with Gasteiger partial charge in [-0.2, -0.15) is 0 Å². The molecule has 0 atom stereocenters. The molecule has 0 bridgehead atoms. The molecule has 1 aliphatic heterocycles. The maximum absolute atomic E-state index is 9.20. The zero-order valence-electron chi connectivity index (χ0n) is 7.91. The number of rotatable bonds is 2. The van der Waals surface area contributed by atoms with Crippen LogP contribution in [0.5, 0.6) is 0 Å². The fourth-order valence-electron chi connectivity index (χ4n) is 1.25. The minimum atomic E-state index is 0.626. The lowest BCUT2D eigenvalue weighted by molar-refractivity contribution is -0.0341. The topological polar surface area (TPSA) is 26.7 Å². The van der Waals surface area contributed by atoms with E-state index in [4.69, 9.17) is 0 Å². The van der Waals surface area contributed by atoms with Crippen molar-refractivity contribution in [2.24, 2.45) is 0 Å². The molecule has 0 radical (unpaired) electrons. The summed E-state index contributed by atoms with van der Waals surface area (Å²) in [5.74, 6) is 0. The third kappa shape index (κ3) is 2.36. The second kappa shape index (κ2) is 3.74. The zero-order valence-corrected chi connectivity index (χ0v) is 7.91. The number of allylic oxidation sites excluding steroid dienone is 2. The third-order valence-electron chi connectivity index (χ3n) is 1.91. The molecule has 0 saturated heterocycles. The van der Waals surface area contributed by atoms with E-state index in [1.807, 2.05) is 20.2 Å². The summed E-state index contributed by atoms with van der Waals surface area (Å²) in [6, 6.07) is 0. The number of hydrogen-bond acceptors (Lipinski definition) is 3. The van der Waals surface area contributed by atoms with Crippen LogP contribution < -0.4 is 0 Å². The SMILES string of the molecule is CC1=C(CN(C)C)CN(O)C=C1. The Morgan fingerprint density at radius 3 is 2.83 bits per heavy atom. The Morgan fingerprint density at radius 1 is 1.58 bits per heavy atom. The first-order valence-electron chi connectivity index (χ1n) is 4.06. The van der Waals surface area contributed by atoms with Crippen molar-refractivity contribution < 1.29 is 5.21 Å². The van der Waals surface area contributed by atoms with Crippen LogP contribution in [0.15, 0.2) is 23.4 Å². The van der Waals surface area contributed by atoms with Gasteiger partial charge in [-0.15, -0.1) is 0 Å². The minimum Gasteiger partial charge on any atom is -0.305 e. The maximum atomic E-state index is 9.20. The summed E-state index contributed by atoms with van der Waals surface area (Å²) in [5, 5.41) is 10.4. The second-order valence-electron chi connectivity index (χ2n) is 3.44. The molecule has 3 nitrogen and oxygen atoms in total. The number of hydroxylamine groups is 2. The molecule has 1 aliphatic rings. The van der Waals surface area contributed by atoms with Crippen LogP contribution in [-0.4, -0.2) is 42.4 Å². The summed E-state index contributed by atoms with van der Waals surface area (Å²) in [6.07, 6.45) is 3.62. The first-order chi connectivity index (χ1) is 5.59. The van der Waals surface area contributed by atoms with Gasteiger partial charge in [-0.05, 0) is 38.2 Å². The normalized spacial score (nSPS) is 17.9. The lowest BCUT2D eigenvalue weighted by Crippen LogP contribution is -2.26. The van der Waals surface area contributed by atoms with Crippen LogP contribution in [0.3, 0.4) is 0 Å². The van der Waals surface area contributed by atoms with E-state index in [-0.39, 0.29) is 0 Å². The van der Waals surface area contributed by atoms with Gasteiger partial charge in [0.1, 0.15) is 0 Å². The van der Waals surface area contributed by atoms with Crippen molar-refractivity contribution in [3.63, 3.8) is 0 Å². The Balaban J connectivity index is 2.66. The number of nitrogens with zero attached hydrogens (tertiary/aromatic N) is 2. The van der Waals surface area contributed by atoms with Gasteiger partial charge in [-0.3, -0.25) is 10.3 Å². The van der Waals surface area contributed by atoms with Crippen LogP contribution in [0.4, 0.5) is 0 Å². The molecule has 0 saturated carbocycles. The van der Waals surface area contributed by atoms with E-state index in [2.05, 4.69) is 11.8 Å². The van der Waals surface area contributed by atoms with Crippen molar-refractivity contribution in [3.05, 3.63) is 23.4 Å². The molecule has 1 rings (SSSR count). The van der Waals surface area contributed by atoms with Gasteiger partial charge in [0.2, 0.25) is 0 Å². The Bertz CT molecular complexity index is 219. The van der Waals surface area contributed by atoms with Crippen LogP contribution >= 0.6 is 0 Å². The Kier molecular flexibility index (Phi) is 2.89. The quantitative estimate of drug-likeness (QED) is 0.668. The van der Waals surface area contributed by atoms with Gasteiger partial charge in [0.25, 0.3) is 0 Å². The predicted octanol–water partition coefficient (Wildman–Crippen LogP) is 1.08. The molecule has 0 aromatic rings. The van der Waals surface area contributed by atoms with Gasteiger partial charge < -0.3 is 4.90 Å². The van der Waals surface area contributed by atoms with Crippen LogP contribution in [0.2, 0.25) is 0 Å². The molecule has 12 heavy (non-hydrogen) atoms. The summed E-state index contributed by atoms with van der Waals surface area (Å²) in [7, 11) is 4.06. The smallest absolute Gasteiger partial charge is 0.0674 e. The van der Waals surface area contributed by atoms with E-state index in [0.29, 0.717) is 6.54 Å². The average molecular weight is 168 g/mol. The first-order valence-corrected chi connectivity index (χ1v) is 4.06. The van der Waals surface area contributed by atoms with Crippen LogP contribution in [0, 0.1) is 0 Å². The monoisotopic (exact) mass is 168 g/mol. The van der Waals surface area contributed by atoms with Crippen molar-refractivity contribution in [1.29, 1.82) is 0 Å². The summed E-state index contributed by atoms with van der Waals surface area (Å²) in [5.41, 5.74) is 2.53. The molecule has 1 heterocycles. The van der Waals surface area contributed by atoms with E-state index < -0.39 is 0 Å². The molecule has 0 spiro atoms. The molecule has 0 fully saturated rings. The highest BCUT2D eigenvalue weighted by atomic mass is 16.5. The Hall–Kier alpha value is -0.800. The van der Waals surface area contributed by atoms with Crippen LogP contribution in [-0.2, 0) is 0 Å². The van der Waals surface area contributed by atoms with E-state index in [9.17, 15) is 5.21 Å². The maximum Gasteiger partial charge on any atom is 0.0674 e. The zero-order chi connectivity index (χ0) is 9.14. The second-order valence-corrected chi connectivity index (χ2v) is 3.44. The summed E-state index contributed by atoms with van der Waals surface area (Å²) < 4.78 is 0. The standard InChI is InChI=1S/C9H16N2O/c1-8-4-5-11(12)7-9(8)6-10(2)3/h4-5,12H,6-7H2,1-3H3. The van der Waals surface area contributed by atoms with Crippen molar-refractivity contribution >= 4 is 0 Å². The molecular weight excluding hydrogens is 152 g/mol. The molecule has 68 valence electrons. The highest BCUT2D eigenvalue weighted by Gasteiger charge is 2.09. The van der Waals surface area contributed by atoms with Crippen molar-refractivity contribution in [3.8, 4) is 0 Å². The van der Waals surface area contributed by atoms with Crippen molar-refractivity contribution in [1.82, 2.24) is 9.96 Å². The summed E-state index contributed by atoms with van der Waals surface area (Å²) in [6.45, 7) is 3.61. The van der Waals surface area contributed by atoms with Gasteiger partial charge >= 0.3 is 0 Å². The van der Waals surface area contributed by atoms with E-state index in [0.717, 1.165) is 6.54 Å². The third-order valence-corrected chi connectivity index (χ3v) is 1.91. The van der Waals surface area contributed by atoms with E-state index >= 15 is 0 Å². The largest absolute Gasteiger partial charge is 0.305 e. The highest BCUT2D eigenvalue weighted by molar-refractivity contribution is 5.28. The van der Waals surface area contributed by atoms with Crippen molar-refractivity contribution in [2.45, 2.75) is 6.92 Å². The van der Waals surface area contributed by atoms with Gasteiger partial charge in [0.05, 0.1) is 6.54 Å². The van der Waals surface area contributed by atoms with Crippen LogP contribution in [0.25, 0.3) is 0 Å². The molecule has 0 aliphatic carbocycles. The molecule has 0 amide bonds. The highest BCUT2D eigenvalue weighted by Crippen LogP contribution is 2.13. The van der Waals surface area contributed by atoms with Crippen molar-refractivity contribution in [2.75, 3.05) is 27.2 Å². The van der Waals surface area contributed by atoms with Gasteiger partial charge in [-0.25, -0.2) is 0 Å². The Morgan fingerprint density at radius 2 is 2.25 bits per heavy atom. The molecular formula is C9H16N2O. The predicted molar refractivity (Wildman–Crippen MR) is 48.9 cm³/mol. The average Bonchev–Trinajstić information content (AvgIpc) is 1.96. The van der Waals surface area contributed by atoms with Gasteiger partial charge in [-0.1, -0.05) is 0 Å². The fourth-order valence-corrected chi connectivity index (χ4v) is 1.25. The summed E-state index contributed by atoms with van der Waals surface area (Å²) in [4.78, 5) is 2.10. The molecule has 0 aromatic heterocycles. The molecule has 0 aromatic carbocycles. The van der Waals surface area contributed by atoms with Crippen LogP contribution in [0.1, 0.15) is 6.92 Å². The first kappa shape index (κ1) is 9.29. The molecule has 1 N–H and O–H groups in total. The Labute approximate surface area is 73.5 Å². The fraction of sp³-hybridized carbons (Fsp3) is 0.556. The van der Waals surface area contributed by atoms with E-state index in [1.54, 1.807) is 6.20 Å².